The summed E-state index contributed by atoms with van der Waals surface area (Å²) in [4.78, 5) is 14.0. The molecule has 2 aliphatic rings. The predicted molar refractivity (Wildman–Crippen MR) is 50.4 cm³/mol. The molecule has 2 rings (SSSR count). The number of H-pyrrole nitrogens is 1. The Morgan fingerprint density at radius 1 is 1.19 bits per heavy atom. The molecule has 0 fully saturated rings. The molecule has 16 heavy (non-hydrogen) atoms. The third-order valence-electron chi connectivity index (χ3n) is 1.97. The maximum absolute atomic E-state index is 12.0. The Morgan fingerprint density at radius 3 is 2.62 bits per heavy atom. The largest absolute Gasteiger partial charge is 0.573 e. The highest BCUT2D eigenvalue weighted by atomic mass is 19.4. The van der Waals surface area contributed by atoms with E-state index in [1.807, 2.05) is 0 Å². The van der Waals surface area contributed by atoms with Gasteiger partial charge in [-0.05, 0) is 23.8 Å². The van der Waals surface area contributed by atoms with E-state index >= 15 is 0 Å². The van der Waals surface area contributed by atoms with Crippen molar-refractivity contribution in [3.05, 3.63) is 40.8 Å². The van der Waals surface area contributed by atoms with Gasteiger partial charge in [-0.3, -0.25) is 4.79 Å². The summed E-state index contributed by atoms with van der Waals surface area (Å²) >= 11 is 0. The molecule has 6 heteroatoms. The lowest BCUT2D eigenvalue weighted by atomic mass is 10.1. The maximum Gasteiger partial charge on any atom is 0.573 e. The van der Waals surface area contributed by atoms with Gasteiger partial charge in [-0.2, -0.15) is 0 Å². The molecule has 0 amide bonds. The molecule has 0 bridgehead atoms. The number of hydrogen-bond acceptors (Lipinski definition) is 2. The lowest BCUT2D eigenvalue weighted by Crippen LogP contribution is -2.21. The van der Waals surface area contributed by atoms with Crippen LogP contribution in [0.1, 0.15) is 0 Å². The summed E-state index contributed by atoms with van der Waals surface area (Å²) < 4.78 is 39.5. The molecule has 0 unspecified atom stereocenters. The molecule has 1 aliphatic carbocycles. The van der Waals surface area contributed by atoms with Crippen LogP contribution in [0.2, 0.25) is 0 Å². The first-order valence-electron chi connectivity index (χ1n) is 4.32. The number of benzene rings is 1. The molecule has 84 valence electrons. The fourth-order valence-corrected chi connectivity index (χ4v) is 1.34. The molecule has 0 spiro atoms. The standard InChI is InChI=1S/C10H6F3NO2/c11-10(12,13)16-9-4-7-5-14-2-1-6(7)3-8(9)15/h1-5,14H. The van der Waals surface area contributed by atoms with Gasteiger partial charge in [0.15, 0.2) is 5.75 Å². The summed E-state index contributed by atoms with van der Waals surface area (Å²) in [5, 5.41) is 0. The first-order chi connectivity index (χ1) is 7.46. The number of hydrogen-bond donors (Lipinski definition) is 1. The molecule has 0 aromatic carbocycles. The Balaban J connectivity index is 2.52. The smallest absolute Gasteiger partial charge is 0.402 e. The summed E-state index contributed by atoms with van der Waals surface area (Å²) in [6.07, 6.45) is -1.80. The second kappa shape index (κ2) is 3.55. The van der Waals surface area contributed by atoms with E-state index in [0.29, 0.717) is 11.1 Å². The Labute approximate surface area is 87.8 Å². The van der Waals surface area contributed by atoms with E-state index in [1.54, 1.807) is 12.3 Å². The van der Waals surface area contributed by atoms with E-state index in [1.165, 1.54) is 6.20 Å². The minimum Gasteiger partial charge on any atom is -0.402 e. The highest BCUT2D eigenvalue weighted by Crippen LogP contribution is 2.25. The molecule has 0 radical (unpaired) electrons. The van der Waals surface area contributed by atoms with Crippen LogP contribution < -0.4 is 10.2 Å². The van der Waals surface area contributed by atoms with Crippen LogP contribution >= 0.6 is 0 Å². The number of aromatic nitrogens is 1. The molecule has 0 saturated carbocycles. The molecule has 3 nitrogen and oxygen atoms in total. The van der Waals surface area contributed by atoms with Crippen molar-refractivity contribution in [2.45, 2.75) is 6.36 Å². The van der Waals surface area contributed by atoms with Crippen molar-refractivity contribution in [1.82, 2.24) is 4.98 Å². The maximum atomic E-state index is 12.0. The number of rotatable bonds is 1. The number of ether oxygens (including phenoxy) is 1. The van der Waals surface area contributed by atoms with Crippen LogP contribution in [-0.4, -0.2) is 11.3 Å². The fraction of sp³-hybridized carbons (Fsp3) is 0.100. The van der Waals surface area contributed by atoms with Crippen molar-refractivity contribution < 1.29 is 17.9 Å². The van der Waals surface area contributed by atoms with Crippen LogP contribution in [0.5, 0.6) is 5.75 Å². The lowest BCUT2D eigenvalue weighted by Gasteiger charge is -2.10. The number of alkyl halides is 3. The van der Waals surface area contributed by atoms with Gasteiger partial charge in [-0.15, -0.1) is 13.2 Å². The van der Waals surface area contributed by atoms with Crippen LogP contribution in [-0.2, 0) is 0 Å². The molecular weight excluding hydrogens is 223 g/mol. The van der Waals surface area contributed by atoms with E-state index in [2.05, 4.69) is 9.72 Å². The zero-order valence-electron chi connectivity index (χ0n) is 7.84. The van der Waals surface area contributed by atoms with E-state index in [-0.39, 0.29) is 0 Å². The Hall–Kier alpha value is -1.98. The number of fused-ring (bicyclic) bond motifs is 1. The van der Waals surface area contributed by atoms with Gasteiger partial charge in [-0.25, -0.2) is 0 Å². The number of pyridine rings is 1. The van der Waals surface area contributed by atoms with Crippen LogP contribution in [0.15, 0.2) is 35.4 Å². The Bertz CT molecular complexity index is 532. The van der Waals surface area contributed by atoms with Gasteiger partial charge >= 0.3 is 6.36 Å². The molecule has 1 aliphatic heterocycles. The summed E-state index contributed by atoms with van der Waals surface area (Å²) in [7, 11) is 0. The Morgan fingerprint density at radius 2 is 1.94 bits per heavy atom. The molecule has 1 N–H and O–H groups in total. The normalized spacial score (nSPS) is 11.7. The fourth-order valence-electron chi connectivity index (χ4n) is 1.34. The summed E-state index contributed by atoms with van der Waals surface area (Å²) in [5.41, 5.74) is 0.232. The Kier molecular flexibility index (Phi) is 2.34. The van der Waals surface area contributed by atoms with Crippen molar-refractivity contribution >= 4 is 0 Å². The molecule has 0 aromatic heterocycles. The van der Waals surface area contributed by atoms with Gasteiger partial charge in [0.25, 0.3) is 0 Å². The first-order valence-corrected chi connectivity index (χ1v) is 4.32. The minimum absolute atomic E-state index is 0.473. The summed E-state index contributed by atoms with van der Waals surface area (Å²) in [6.45, 7) is 0. The number of aromatic amines is 1. The third-order valence-corrected chi connectivity index (χ3v) is 1.97. The molecule has 1 heterocycles. The monoisotopic (exact) mass is 229 g/mol. The van der Waals surface area contributed by atoms with Crippen LogP contribution in [0, 0.1) is 0 Å². The summed E-state index contributed by atoms with van der Waals surface area (Å²) in [6, 6.07) is 3.75. The lowest BCUT2D eigenvalue weighted by molar-refractivity contribution is -0.275. The quantitative estimate of drug-likeness (QED) is 0.815. The molecule has 0 atom stereocenters. The third kappa shape index (κ3) is 2.16. The van der Waals surface area contributed by atoms with E-state index in [9.17, 15) is 18.0 Å². The average Bonchev–Trinajstić information content (AvgIpc) is 2.17. The highest BCUT2D eigenvalue weighted by molar-refractivity contribution is 5.65. The van der Waals surface area contributed by atoms with Gasteiger partial charge in [0, 0.05) is 18.0 Å². The van der Waals surface area contributed by atoms with Gasteiger partial charge in [-0.1, -0.05) is 0 Å². The van der Waals surface area contributed by atoms with Crippen LogP contribution in [0.3, 0.4) is 0 Å². The van der Waals surface area contributed by atoms with Gasteiger partial charge < -0.3 is 9.72 Å². The van der Waals surface area contributed by atoms with Crippen molar-refractivity contribution in [2.24, 2.45) is 0 Å². The van der Waals surface area contributed by atoms with Gasteiger partial charge in [0.1, 0.15) is 0 Å². The topological polar surface area (TPSA) is 42.1 Å². The number of nitrogens with one attached hydrogen (secondary N) is 1. The zero-order valence-corrected chi connectivity index (χ0v) is 7.84. The van der Waals surface area contributed by atoms with E-state index < -0.39 is 17.5 Å². The predicted octanol–water partition coefficient (Wildman–Crippen LogP) is 2.38. The van der Waals surface area contributed by atoms with Gasteiger partial charge in [0.05, 0.1) is 0 Å². The second-order valence-electron chi connectivity index (χ2n) is 3.12. The molecule has 0 aromatic rings. The van der Waals surface area contributed by atoms with Crippen LogP contribution in [0.4, 0.5) is 13.2 Å². The average molecular weight is 229 g/mol. The SMILES string of the molecule is O=c1cc2cc[nH]cc-2cc1OC(F)(F)F. The second-order valence-corrected chi connectivity index (χ2v) is 3.12. The summed E-state index contributed by atoms with van der Waals surface area (Å²) in [5.74, 6) is -0.723. The highest BCUT2D eigenvalue weighted by Gasteiger charge is 2.32. The van der Waals surface area contributed by atoms with E-state index in [0.717, 1.165) is 12.1 Å². The van der Waals surface area contributed by atoms with Crippen molar-refractivity contribution in [3.63, 3.8) is 0 Å². The first kappa shape index (κ1) is 10.5. The van der Waals surface area contributed by atoms with Crippen molar-refractivity contribution in [2.75, 3.05) is 0 Å². The number of halogens is 3. The van der Waals surface area contributed by atoms with Gasteiger partial charge in [0.2, 0.25) is 5.43 Å². The van der Waals surface area contributed by atoms with Crippen molar-refractivity contribution in [3.8, 4) is 16.9 Å². The molecule has 0 saturated heterocycles. The van der Waals surface area contributed by atoms with E-state index in [4.69, 9.17) is 0 Å². The minimum atomic E-state index is -4.86. The van der Waals surface area contributed by atoms with Crippen LogP contribution in [0.25, 0.3) is 11.1 Å². The molecular formula is C10H6F3NO2. The zero-order chi connectivity index (χ0) is 11.8. The van der Waals surface area contributed by atoms with Crippen molar-refractivity contribution in [1.29, 1.82) is 0 Å².